The lowest BCUT2D eigenvalue weighted by molar-refractivity contribution is 0.175. The Hall–Kier alpha value is -0.530. The van der Waals surface area contributed by atoms with Crippen LogP contribution in [0.15, 0.2) is 0 Å². The Balaban J connectivity index is 3.32. The number of hydrogen-bond acceptors (Lipinski definition) is 2. The van der Waals surface area contributed by atoms with Gasteiger partial charge in [0.2, 0.25) is 0 Å². The molecule has 0 heterocycles. The van der Waals surface area contributed by atoms with Crippen LogP contribution < -0.4 is 0 Å². The molecule has 0 N–H and O–H groups in total. The highest BCUT2D eigenvalue weighted by molar-refractivity contribution is 5.38. The number of carbonyl (C=O) groups excluding carboxylic acids is 1. The van der Waals surface area contributed by atoms with Crippen LogP contribution in [-0.2, 0) is 9.53 Å². The molecule has 0 aliphatic rings. The van der Waals surface area contributed by atoms with Crippen molar-refractivity contribution in [3.8, 4) is 0 Å². The summed E-state index contributed by atoms with van der Waals surface area (Å²) in [5.41, 5.74) is 0. The smallest absolute Gasteiger partial charge is 0.417 e. The van der Waals surface area contributed by atoms with Crippen molar-refractivity contribution in [1.82, 2.24) is 0 Å². The van der Waals surface area contributed by atoms with Crippen molar-refractivity contribution in [2.45, 2.75) is 52.6 Å². The van der Waals surface area contributed by atoms with E-state index in [1.165, 1.54) is 19.3 Å². The third-order valence-corrected chi connectivity index (χ3v) is 2.10. The van der Waals surface area contributed by atoms with Crippen LogP contribution in [-0.4, -0.2) is 12.6 Å². The second-order valence-electron chi connectivity index (χ2n) is 3.48. The first kappa shape index (κ1) is 11.5. The fraction of sp³-hybridized carbons (Fsp3) is 0.900. The Bertz CT molecular complexity index is 112. The molecule has 0 aromatic rings. The largest absolute Gasteiger partial charge is 0.454 e. The summed E-state index contributed by atoms with van der Waals surface area (Å²) in [7, 11) is 0. The quantitative estimate of drug-likeness (QED) is 0.588. The highest BCUT2D eigenvalue weighted by atomic mass is 16.5. The third-order valence-electron chi connectivity index (χ3n) is 2.10. The van der Waals surface area contributed by atoms with Crippen LogP contribution in [0.4, 0.5) is 0 Å². The predicted molar refractivity (Wildman–Crippen MR) is 49.5 cm³/mol. The Morgan fingerprint density at radius 3 is 2.42 bits per heavy atom. The van der Waals surface area contributed by atoms with Gasteiger partial charge in [-0.1, -0.05) is 26.7 Å². The minimum atomic E-state index is 0.0295. The molecule has 0 aromatic heterocycles. The Kier molecular flexibility index (Phi) is 6.82. The van der Waals surface area contributed by atoms with Crippen LogP contribution in [0.25, 0.3) is 0 Å². The minimum absolute atomic E-state index is 0.0295. The average Bonchev–Trinajstić information content (AvgIpc) is 2.02. The van der Waals surface area contributed by atoms with Gasteiger partial charge in [-0.3, -0.25) is 0 Å². The molecule has 0 spiro atoms. The minimum Gasteiger partial charge on any atom is -0.454 e. The Labute approximate surface area is 75.3 Å². The maximum Gasteiger partial charge on any atom is 0.417 e. The first-order valence-corrected chi connectivity index (χ1v) is 4.73. The second kappa shape index (κ2) is 7.14. The number of hydrogen-bond donors (Lipinski definition) is 0. The molecule has 0 aliphatic heterocycles. The Morgan fingerprint density at radius 1 is 1.25 bits per heavy atom. The van der Waals surface area contributed by atoms with E-state index in [-0.39, 0.29) is 6.10 Å². The summed E-state index contributed by atoms with van der Waals surface area (Å²) in [5, 5.41) is 0. The summed E-state index contributed by atoms with van der Waals surface area (Å²) in [6, 6.07) is 0. The van der Waals surface area contributed by atoms with E-state index in [4.69, 9.17) is 0 Å². The van der Waals surface area contributed by atoms with Gasteiger partial charge >= 0.3 is 6.47 Å². The van der Waals surface area contributed by atoms with E-state index in [1.54, 1.807) is 0 Å². The average molecular weight is 171 g/mol. The van der Waals surface area contributed by atoms with Crippen LogP contribution in [0.3, 0.4) is 0 Å². The molecule has 0 saturated heterocycles. The predicted octanol–water partition coefficient (Wildman–Crippen LogP) is 2.68. The molecule has 2 nitrogen and oxygen atoms in total. The van der Waals surface area contributed by atoms with Gasteiger partial charge in [0, 0.05) is 0 Å². The molecule has 2 unspecified atom stereocenters. The Morgan fingerprint density at radius 2 is 1.92 bits per heavy atom. The van der Waals surface area contributed by atoms with Crippen molar-refractivity contribution < 1.29 is 9.53 Å². The molecular formula is C10H19O2. The van der Waals surface area contributed by atoms with Crippen molar-refractivity contribution in [3.05, 3.63) is 0 Å². The molecule has 0 saturated carbocycles. The normalized spacial score (nSPS) is 15.2. The molecule has 0 amide bonds. The van der Waals surface area contributed by atoms with Crippen LogP contribution in [0.2, 0.25) is 0 Å². The molecule has 2 atom stereocenters. The highest BCUT2D eigenvalue weighted by Crippen LogP contribution is 2.14. The van der Waals surface area contributed by atoms with Gasteiger partial charge in [-0.05, 0) is 25.7 Å². The molecule has 0 fully saturated rings. The zero-order valence-corrected chi connectivity index (χ0v) is 8.30. The van der Waals surface area contributed by atoms with E-state index in [9.17, 15) is 4.79 Å². The van der Waals surface area contributed by atoms with Gasteiger partial charge in [0.15, 0.2) is 0 Å². The van der Waals surface area contributed by atoms with Crippen molar-refractivity contribution in [2.24, 2.45) is 5.92 Å². The number of rotatable bonds is 7. The summed E-state index contributed by atoms with van der Waals surface area (Å²) in [6.07, 6.45) is 4.61. The maximum absolute atomic E-state index is 9.84. The van der Waals surface area contributed by atoms with Gasteiger partial charge in [-0.25, -0.2) is 4.79 Å². The summed E-state index contributed by atoms with van der Waals surface area (Å²) < 4.78 is 4.66. The van der Waals surface area contributed by atoms with E-state index in [0.29, 0.717) is 0 Å². The van der Waals surface area contributed by atoms with Gasteiger partial charge in [-0.2, -0.15) is 0 Å². The topological polar surface area (TPSA) is 26.3 Å². The van der Waals surface area contributed by atoms with Crippen LogP contribution in [0.1, 0.15) is 46.5 Å². The van der Waals surface area contributed by atoms with Crippen LogP contribution in [0.5, 0.6) is 0 Å². The first-order chi connectivity index (χ1) is 5.70. The van der Waals surface area contributed by atoms with Crippen molar-refractivity contribution in [1.29, 1.82) is 0 Å². The van der Waals surface area contributed by atoms with E-state index >= 15 is 0 Å². The van der Waals surface area contributed by atoms with E-state index in [0.717, 1.165) is 18.8 Å². The monoisotopic (exact) mass is 171 g/mol. The van der Waals surface area contributed by atoms with Crippen molar-refractivity contribution >= 4 is 6.47 Å². The SMILES string of the molecule is CCCC(C)CCC(C)O[C]=O. The molecule has 0 aliphatic carbocycles. The van der Waals surface area contributed by atoms with Gasteiger partial charge in [0.25, 0.3) is 0 Å². The lowest BCUT2D eigenvalue weighted by Gasteiger charge is -2.12. The van der Waals surface area contributed by atoms with Crippen LogP contribution in [0, 0.1) is 5.92 Å². The molecule has 0 bridgehead atoms. The molecule has 12 heavy (non-hydrogen) atoms. The molecule has 0 rings (SSSR count). The van der Waals surface area contributed by atoms with Gasteiger partial charge in [-0.15, -0.1) is 0 Å². The van der Waals surface area contributed by atoms with E-state index in [1.807, 2.05) is 6.92 Å². The molecular weight excluding hydrogens is 152 g/mol. The molecule has 71 valence electrons. The third kappa shape index (κ3) is 6.20. The van der Waals surface area contributed by atoms with Gasteiger partial charge in [0.05, 0.1) is 6.10 Å². The van der Waals surface area contributed by atoms with Gasteiger partial charge in [0.1, 0.15) is 0 Å². The van der Waals surface area contributed by atoms with E-state index in [2.05, 4.69) is 18.6 Å². The highest BCUT2D eigenvalue weighted by Gasteiger charge is 2.05. The lowest BCUT2D eigenvalue weighted by Crippen LogP contribution is -2.08. The fourth-order valence-electron chi connectivity index (χ4n) is 1.30. The van der Waals surface area contributed by atoms with Gasteiger partial charge < -0.3 is 4.74 Å². The van der Waals surface area contributed by atoms with Crippen LogP contribution >= 0.6 is 0 Å². The zero-order chi connectivity index (χ0) is 9.40. The van der Waals surface area contributed by atoms with Crippen molar-refractivity contribution in [2.75, 3.05) is 0 Å². The molecule has 2 heteroatoms. The standard InChI is InChI=1S/C10H19O2/c1-4-5-9(2)6-7-10(3)12-8-11/h9-10H,4-7H2,1-3H3. The first-order valence-electron chi connectivity index (χ1n) is 4.73. The summed E-state index contributed by atoms with van der Waals surface area (Å²) >= 11 is 0. The molecule has 1 radical (unpaired) electrons. The van der Waals surface area contributed by atoms with Crippen molar-refractivity contribution in [3.63, 3.8) is 0 Å². The fourth-order valence-corrected chi connectivity index (χ4v) is 1.30. The second-order valence-corrected chi connectivity index (χ2v) is 3.48. The summed E-state index contributed by atoms with van der Waals surface area (Å²) in [4.78, 5) is 9.84. The lowest BCUT2D eigenvalue weighted by atomic mass is 9.99. The zero-order valence-electron chi connectivity index (χ0n) is 8.30. The summed E-state index contributed by atoms with van der Waals surface area (Å²) in [6.45, 7) is 7.81. The molecule has 0 aromatic carbocycles. The maximum atomic E-state index is 9.84. The van der Waals surface area contributed by atoms with E-state index < -0.39 is 0 Å². The number of ether oxygens (including phenoxy) is 1. The summed E-state index contributed by atoms with van der Waals surface area (Å²) in [5.74, 6) is 0.743.